The number of carbonyl (C=O) groups excluding carboxylic acids is 1. The predicted octanol–water partition coefficient (Wildman–Crippen LogP) is 1.50. The molecule has 1 aromatic carbocycles. The lowest BCUT2D eigenvalue weighted by atomic mass is 9.79. The topological polar surface area (TPSA) is 77.8 Å². The van der Waals surface area contributed by atoms with Gasteiger partial charge in [-0.15, -0.1) is 11.8 Å². The molecular formula is C15H21BF2O4S. The summed E-state index contributed by atoms with van der Waals surface area (Å²) in [5.74, 6) is -2.74. The third-order valence-corrected chi connectivity index (χ3v) is 4.45. The Morgan fingerprint density at radius 3 is 2.22 bits per heavy atom. The van der Waals surface area contributed by atoms with Gasteiger partial charge in [-0.05, 0) is 32.4 Å². The highest BCUT2D eigenvalue weighted by molar-refractivity contribution is 8.01. The molecule has 0 aliphatic rings. The molecule has 23 heavy (non-hydrogen) atoms. The summed E-state index contributed by atoms with van der Waals surface area (Å²) in [5, 5.41) is 27.7. The molecule has 1 aromatic rings. The number of aliphatic hydroxyl groups is 1. The van der Waals surface area contributed by atoms with E-state index in [1.807, 2.05) is 13.8 Å². The molecule has 0 bridgehead atoms. The number of ketones is 1. The molecule has 0 saturated carbocycles. The SMILES string of the molecule is CC(C)(O)CC(C)(C)SCC(=O)c1cc(F)c(B(O)O)cc1F. The maximum absolute atomic E-state index is 13.9. The lowest BCUT2D eigenvalue weighted by molar-refractivity contribution is 0.0628. The minimum Gasteiger partial charge on any atom is -0.423 e. The van der Waals surface area contributed by atoms with Gasteiger partial charge in [-0.25, -0.2) is 8.78 Å². The number of benzene rings is 1. The van der Waals surface area contributed by atoms with Crippen molar-refractivity contribution < 1.29 is 28.7 Å². The number of hydrogen-bond donors (Lipinski definition) is 3. The van der Waals surface area contributed by atoms with Crippen molar-refractivity contribution in [2.45, 2.75) is 44.5 Å². The van der Waals surface area contributed by atoms with Crippen molar-refractivity contribution in [2.24, 2.45) is 0 Å². The maximum Gasteiger partial charge on any atom is 0.491 e. The fourth-order valence-corrected chi connectivity index (χ4v) is 3.54. The molecule has 0 atom stereocenters. The van der Waals surface area contributed by atoms with Crippen LogP contribution in [0.3, 0.4) is 0 Å². The van der Waals surface area contributed by atoms with Crippen LogP contribution in [-0.2, 0) is 0 Å². The van der Waals surface area contributed by atoms with Crippen LogP contribution in [0, 0.1) is 11.6 Å². The van der Waals surface area contributed by atoms with E-state index in [-0.39, 0.29) is 5.75 Å². The van der Waals surface area contributed by atoms with Gasteiger partial charge in [0.15, 0.2) is 5.78 Å². The summed E-state index contributed by atoms with van der Waals surface area (Å²) in [6, 6.07) is 1.29. The molecular weight excluding hydrogens is 325 g/mol. The van der Waals surface area contributed by atoms with Gasteiger partial charge in [-0.2, -0.15) is 0 Å². The van der Waals surface area contributed by atoms with Gasteiger partial charge in [0, 0.05) is 10.2 Å². The summed E-state index contributed by atoms with van der Waals surface area (Å²) >= 11 is 1.24. The van der Waals surface area contributed by atoms with Crippen molar-refractivity contribution in [3.8, 4) is 0 Å². The van der Waals surface area contributed by atoms with Crippen molar-refractivity contribution in [1.82, 2.24) is 0 Å². The molecule has 0 unspecified atom stereocenters. The van der Waals surface area contributed by atoms with Crippen LogP contribution < -0.4 is 5.46 Å². The third-order valence-electron chi connectivity index (χ3n) is 3.12. The predicted molar refractivity (Wildman–Crippen MR) is 88.0 cm³/mol. The first-order valence-corrected chi connectivity index (χ1v) is 8.05. The van der Waals surface area contributed by atoms with E-state index in [9.17, 15) is 18.7 Å². The molecule has 0 heterocycles. The molecule has 0 saturated heterocycles. The van der Waals surface area contributed by atoms with E-state index in [0.717, 1.165) is 0 Å². The van der Waals surface area contributed by atoms with Crippen LogP contribution in [0.2, 0.25) is 0 Å². The number of halogens is 2. The smallest absolute Gasteiger partial charge is 0.423 e. The highest BCUT2D eigenvalue weighted by Crippen LogP contribution is 2.33. The van der Waals surface area contributed by atoms with Gasteiger partial charge in [0.2, 0.25) is 0 Å². The summed E-state index contributed by atoms with van der Waals surface area (Å²) in [4.78, 5) is 12.1. The molecule has 0 aliphatic carbocycles. The number of thioether (sulfide) groups is 1. The Balaban J connectivity index is 2.85. The first-order valence-electron chi connectivity index (χ1n) is 7.07. The van der Waals surface area contributed by atoms with E-state index < -0.39 is 45.9 Å². The normalized spacial score (nSPS) is 12.4. The Morgan fingerprint density at radius 1 is 1.17 bits per heavy atom. The minimum atomic E-state index is -2.14. The molecule has 4 nitrogen and oxygen atoms in total. The van der Waals surface area contributed by atoms with Crippen LogP contribution in [0.1, 0.15) is 44.5 Å². The van der Waals surface area contributed by atoms with Crippen LogP contribution in [0.4, 0.5) is 8.78 Å². The highest BCUT2D eigenvalue weighted by atomic mass is 32.2. The van der Waals surface area contributed by atoms with Crippen LogP contribution >= 0.6 is 11.8 Å². The zero-order valence-electron chi connectivity index (χ0n) is 13.6. The quantitative estimate of drug-likeness (QED) is 0.515. The summed E-state index contributed by atoms with van der Waals surface area (Å²) < 4.78 is 27.1. The van der Waals surface area contributed by atoms with E-state index in [1.54, 1.807) is 13.8 Å². The van der Waals surface area contributed by atoms with Gasteiger partial charge in [0.1, 0.15) is 11.6 Å². The first-order chi connectivity index (χ1) is 10.3. The van der Waals surface area contributed by atoms with Crippen molar-refractivity contribution >= 4 is 30.1 Å². The number of carbonyl (C=O) groups is 1. The average molecular weight is 346 g/mol. The Labute approximate surface area is 139 Å². The summed E-state index contributed by atoms with van der Waals surface area (Å²) in [6.45, 7) is 7.02. The second-order valence-corrected chi connectivity index (χ2v) is 8.37. The van der Waals surface area contributed by atoms with Crippen molar-refractivity contribution in [3.05, 3.63) is 29.3 Å². The minimum absolute atomic E-state index is 0.0829. The summed E-state index contributed by atoms with van der Waals surface area (Å²) in [5.41, 5.74) is -1.96. The Bertz CT molecular complexity index is 586. The summed E-state index contributed by atoms with van der Waals surface area (Å²) in [7, 11) is -2.14. The van der Waals surface area contributed by atoms with E-state index in [2.05, 4.69) is 0 Å². The monoisotopic (exact) mass is 346 g/mol. The van der Waals surface area contributed by atoms with Gasteiger partial charge in [-0.1, -0.05) is 13.8 Å². The van der Waals surface area contributed by atoms with Crippen LogP contribution in [-0.4, -0.2) is 44.2 Å². The molecule has 8 heteroatoms. The lowest BCUT2D eigenvalue weighted by Crippen LogP contribution is -2.34. The van der Waals surface area contributed by atoms with Gasteiger partial charge < -0.3 is 15.2 Å². The van der Waals surface area contributed by atoms with Crippen molar-refractivity contribution in [1.29, 1.82) is 0 Å². The van der Waals surface area contributed by atoms with Crippen molar-refractivity contribution in [3.63, 3.8) is 0 Å². The van der Waals surface area contributed by atoms with Gasteiger partial charge >= 0.3 is 7.12 Å². The molecule has 3 N–H and O–H groups in total. The third kappa shape index (κ3) is 6.22. The molecule has 0 spiro atoms. The van der Waals surface area contributed by atoms with Gasteiger partial charge in [0.25, 0.3) is 0 Å². The number of Topliss-reactive ketones (excluding diaryl/α,β-unsaturated/α-hetero) is 1. The average Bonchev–Trinajstić information content (AvgIpc) is 2.35. The van der Waals surface area contributed by atoms with E-state index in [4.69, 9.17) is 10.0 Å². The summed E-state index contributed by atoms with van der Waals surface area (Å²) in [6.07, 6.45) is 0.421. The van der Waals surface area contributed by atoms with Gasteiger partial charge in [0.05, 0.1) is 16.9 Å². The Kier molecular flexibility index (Phi) is 6.37. The molecule has 0 aromatic heterocycles. The fourth-order valence-electron chi connectivity index (χ4n) is 2.41. The lowest BCUT2D eigenvalue weighted by Gasteiger charge is -2.30. The van der Waals surface area contributed by atoms with Gasteiger partial charge in [-0.3, -0.25) is 4.79 Å². The first kappa shape index (κ1) is 20.1. The largest absolute Gasteiger partial charge is 0.491 e. The van der Waals surface area contributed by atoms with Crippen LogP contribution in [0.15, 0.2) is 12.1 Å². The maximum atomic E-state index is 13.9. The fraction of sp³-hybridized carbons (Fsp3) is 0.533. The van der Waals surface area contributed by atoms with Crippen LogP contribution in [0.5, 0.6) is 0 Å². The van der Waals surface area contributed by atoms with Crippen molar-refractivity contribution in [2.75, 3.05) is 5.75 Å². The number of rotatable bonds is 7. The second-order valence-electron chi connectivity index (χ2n) is 6.69. The zero-order chi connectivity index (χ0) is 18.0. The standard InChI is InChI=1S/C15H21BF2O4S/c1-14(2,20)8-15(3,4)23-7-13(19)9-5-12(18)10(16(21)22)6-11(9)17/h5-6,20-22H,7-8H2,1-4H3. The zero-order valence-corrected chi connectivity index (χ0v) is 14.4. The molecule has 0 fully saturated rings. The van der Waals surface area contributed by atoms with E-state index in [0.29, 0.717) is 18.6 Å². The molecule has 0 amide bonds. The molecule has 1 rings (SSSR count). The second kappa shape index (κ2) is 7.30. The Morgan fingerprint density at radius 2 is 1.74 bits per heavy atom. The van der Waals surface area contributed by atoms with E-state index >= 15 is 0 Å². The molecule has 0 radical (unpaired) electrons. The van der Waals surface area contributed by atoms with Crippen LogP contribution in [0.25, 0.3) is 0 Å². The molecule has 128 valence electrons. The number of hydrogen-bond acceptors (Lipinski definition) is 5. The molecule has 0 aliphatic heterocycles. The Hall–Kier alpha value is -0.955. The van der Waals surface area contributed by atoms with E-state index in [1.165, 1.54) is 11.8 Å². The highest BCUT2D eigenvalue weighted by Gasteiger charge is 2.29.